The molecule has 0 aromatic carbocycles. The Kier molecular flexibility index (Phi) is 10.0. The molecule has 0 bridgehead atoms. The summed E-state index contributed by atoms with van der Waals surface area (Å²) in [5.41, 5.74) is 0. The first kappa shape index (κ1) is 16.7. The van der Waals surface area contributed by atoms with Gasteiger partial charge < -0.3 is 9.47 Å². The van der Waals surface area contributed by atoms with E-state index in [9.17, 15) is 9.59 Å². The van der Waals surface area contributed by atoms with Crippen LogP contribution >= 0.6 is 0 Å². The number of rotatable bonds is 10. The van der Waals surface area contributed by atoms with Gasteiger partial charge in [0.15, 0.2) is 0 Å². The Morgan fingerprint density at radius 1 is 1.28 bits per heavy atom. The molecule has 0 fully saturated rings. The minimum Gasteiger partial charge on any atom is -0.465 e. The van der Waals surface area contributed by atoms with Crippen molar-refractivity contribution in [1.29, 1.82) is 0 Å². The fourth-order valence-electron chi connectivity index (χ4n) is 1.47. The number of ether oxygens (including phenoxy) is 2. The summed E-state index contributed by atoms with van der Waals surface area (Å²) >= 11 is 0. The van der Waals surface area contributed by atoms with Crippen molar-refractivity contribution in [3.05, 3.63) is 12.7 Å². The van der Waals surface area contributed by atoms with Gasteiger partial charge in [-0.15, -0.1) is 0 Å². The van der Waals surface area contributed by atoms with Crippen molar-refractivity contribution in [2.75, 3.05) is 13.2 Å². The monoisotopic (exact) mass is 256 g/mol. The maximum atomic E-state index is 11.4. The fourth-order valence-corrected chi connectivity index (χ4v) is 1.47. The average molecular weight is 256 g/mol. The molecule has 1 unspecified atom stereocenters. The third-order valence-electron chi connectivity index (χ3n) is 2.74. The second-order valence-electron chi connectivity index (χ2n) is 4.22. The van der Waals surface area contributed by atoms with Crippen LogP contribution in [0.4, 0.5) is 0 Å². The van der Waals surface area contributed by atoms with E-state index in [0.29, 0.717) is 12.5 Å². The van der Waals surface area contributed by atoms with Crippen LogP contribution in [0.2, 0.25) is 0 Å². The molecule has 0 saturated carbocycles. The maximum Gasteiger partial charge on any atom is 0.330 e. The number of unbranched alkanes of at least 4 members (excludes halogenated alkanes) is 1. The molecule has 0 aliphatic carbocycles. The third kappa shape index (κ3) is 8.79. The second kappa shape index (κ2) is 10.8. The van der Waals surface area contributed by atoms with E-state index < -0.39 is 5.97 Å². The lowest BCUT2D eigenvalue weighted by molar-refractivity contribution is -0.148. The van der Waals surface area contributed by atoms with Gasteiger partial charge in [-0.25, -0.2) is 4.79 Å². The van der Waals surface area contributed by atoms with Crippen molar-refractivity contribution >= 4 is 11.9 Å². The molecule has 0 aliphatic rings. The van der Waals surface area contributed by atoms with Crippen LogP contribution < -0.4 is 0 Å². The molecule has 4 nitrogen and oxygen atoms in total. The molecular formula is C14H24O4. The van der Waals surface area contributed by atoms with Gasteiger partial charge >= 0.3 is 11.9 Å². The molecule has 4 heteroatoms. The smallest absolute Gasteiger partial charge is 0.330 e. The van der Waals surface area contributed by atoms with Crippen molar-refractivity contribution in [3.63, 3.8) is 0 Å². The molecule has 0 amide bonds. The second-order valence-corrected chi connectivity index (χ2v) is 4.22. The average Bonchev–Trinajstić information content (AvgIpc) is 2.38. The van der Waals surface area contributed by atoms with E-state index in [4.69, 9.17) is 9.47 Å². The first-order valence-corrected chi connectivity index (χ1v) is 6.58. The Morgan fingerprint density at radius 2 is 2.00 bits per heavy atom. The Balaban J connectivity index is 3.67. The van der Waals surface area contributed by atoms with Gasteiger partial charge in [0.25, 0.3) is 0 Å². The summed E-state index contributed by atoms with van der Waals surface area (Å²) in [4.78, 5) is 22.1. The lowest BCUT2D eigenvalue weighted by atomic mass is 10.0. The van der Waals surface area contributed by atoms with Crippen LogP contribution in [0.15, 0.2) is 12.7 Å². The molecule has 0 spiro atoms. The Bertz CT molecular complexity index is 261. The number of carbonyl (C=O) groups excluding carboxylic acids is 2. The number of esters is 2. The van der Waals surface area contributed by atoms with Gasteiger partial charge in [-0.2, -0.15) is 0 Å². The quantitative estimate of drug-likeness (QED) is 0.445. The highest BCUT2D eigenvalue weighted by Crippen LogP contribution is 2.13. The number of hydrogen-bond acceptors (Lipinski definition) is 4. The van der Waals surface area contributed by atoms with Crippen LogP contribution in [0.5, 0.6) is 0 Å². The SMILES string of the molecule is C=CC(=O)OCCC(=O)OCC(CC)CCCC. The van der Waals surface area contributed by atoms with E-state index in [-0.39, 0.29) is 19.0 Å². The lowest BCUT2D eigenvalue weighted by Gasteiger charge is -2.14. The van der Waals surface area contributed by atoms with Gasteiger partial charge in [-0.3, -0.25) is 4.79 Å². The molecule has 0 aliphatic heterocycles. The molecule has 0 N–H and O–H groups in total. The zero-order valence-corrected chi connectivity index (χ0v) is 11.4. The normalized spacial score (nSPS) is 11.7. The maximum absolute atomic E-state index is 11.4. The van der Waals surface area contributed by atoms with Crippen LogP contribution in [0.1, 0.15) is 46.0 Å². The zero-order valence-electron chi connectivity index (χ0n) is 11.4. The Hall–Kier alpha value is -1.32. The summed E-state index contributed by atoms with van der Waals surface area (Å²) in [5, 5.41) is 0. The molecule has 0 heterocycles. The highest BCUT2D eigenvalue weighted by Gasteiger charge is 2.10. The summed E-state index contributed by atoms with van der Waals surface area (Å²) in [6, 6.07) is 0. The molecular weight excluding hydrogens is 232 g/mol. The van der Waals surface area contributed by atoms with Gasteiger partial charge in [0.05, 0.1) is 13.0 Å². The zero-order chi connectivity index (χ0) is 13.8. The number of hydrogen-bond donors (Lipinski definition) is 0. The van der Waals surface area contributed by atoms with Crippen molar-refractivity contribution in [2.24, 2.45) is 5.92 Å². The van der Waals surface area contributed by atoms with Crippen molar-refractivity contribution in [3.8, 4) is 0 Å². The van der Waals surface area contributed by atoms with E-state index >= 15 is 0 Å². The topological polar surface area (TPSA) is 52.6 Å². The van der Waals surface area contributed by atoms with Gasteiger partial charge in [0.1, 0.15) is 6.61 Å². The van der Waals surface area contributed by atoms with E-state index in [2.05, 4.69) is 20.4 Å². The largest absolute Gasteiger partial charge is 0.465 e. The van der Waals surface area contributed by atoms with Gasteiger partial charge in [-0.1, -0.05) is 39.7 Å². The van der Waals surface area contributed by atoms with Gasteiger partial charge in [-0.05, 0) is 12.3 Å². The summed E-state index contributed by atoms with van der Waals surface area (Å²) in [5.74, 6) is -0.399. The van der Waals surface area contributed by atoms with E-state index in [1.807, 2.05) is 0 Å². The Morgan fingerprint density at radius 3 is 2.56 bits per heavy atom. The minimum atomic E-state index is -0.516. The fraction of sp³-hybridized carbons (Fsp3) is 0.714. The van der Waals surface area contributed by atoms with Crippen molar-refractivity contribution in [1.82, 2.24) is 0 Å². The first-order valence-electron chi connectivity index (χ1n) is 6.58. The van der Waals surface area contributed by atoms with E-state index in [0.717, 1.165) is 31.8 Å². The molecule has 104 valence electrons. The molecule has 0 radical (unpaired) electrons. The summed E-state index contributed by atoms with van der Waals surface area (Å²) in [7, 11) is 0. The molecule has 0 saturated heterocycles. The predicted octanol–water partition coefficient (Wildman–Crippen LogP) is 2.87. The van der Waals surface area contributed by atoms with Crippen LogP contribution in [0.3, 0.4) is 0 Å². The van der Waals surface area contributed by atoms with Gasteiger partial charge in [0, 0.05) is 6.08 Å². The predicted molar refractivity (Wildman–Crippen MR) is 70.0 cm³/mol. The standard InChI is InChI=1S/C14H24O4/c1-4-7-8-12(5-2)11-18-14(16)9-10-17-13(15)6-3/h6,12H,3-5,7-11H2,1-2H3. The number of carbonyl (C=O) groups is 2. The van der Waals surface area contributed by atoms with E-state index in [1.54, 1.807) is 0 Å². The summed E-state index contributed by atoms with van der Waals surface area (Å²) < 4.78 is 9.85. The van der Waals surface area contributed by atoms with Crippen LogP contribution in [-0.4, -0.2) is 25.2 Å². The van der Waals surface area contributed by atoms with Crippen LogP contribution in [0, 0.1) is 5.92 Å². The molecule has 0 rings (SSSR count). The first-order chi connectivity index (χ1) is 8.63. The molecule has 1 atom stereocenters. The summed E-state index contributed by atoms with van der Waals surface area (Å²) in [6.07, 6.45) is 5.59. The minimum absolute atomic E-state index is 0.0510. The molecule has 18 heavy (non-hydrogen) atoms. The highest BCUT2D eigenvalue weighted by molar-refractivity contribution is 5.81. The Labute approximate surface area is 109 Å². The molecule has 0 aromatic rings. The van der Waals surface area contributed by atoms with E-state index in [1.165, 1.54) is 0 Å². The third-order valence-corrected chi connectivity index (χ3v) is 2.74. The van der Waals surface area contributed by atoms with Crippen LogP contribution in [-0.2, 0) is 19.1 Å². The van der Waals surface area contributed by atoms with Crippen molar-refractivity contribution < 1.29 is 19.1 Å². The molecule has 0 aromatic heterocycles. The summed E-state index contributed by atoms with van der Waals surface area (Å²) in [6.45, 7) is 8.02. The highest BCUT2D eigenvalue weighted by atomic mass is 16.5. The van der Waals surface area contributed by atoms with Gasteiger partial charge in [0.2, 0.25) is 0 Å². The van der Waals surface area contributed by atoms with Crippen molar-refractivity contribution in [2.45, 2.75) is 46.0 Å². The van der Waals surface area contributed by atoms with Crippen LogP contribution in [0.25, 0.3) is 0 Å². The lowest BCUT2D eigenvalue weighted by Crippen LogP contribution is -2.16.